The highest BCUT2D eigenvalue weighted by Crippen LogP contribution is 2.18. The van der Waals surface area contributed by atoms with E-state index in [2.05, 4.69) is 29.5 Å². The third kappa shape index (κ3) is 2.31. The molecule has 0 saturated heterocycles. The van der Waals surface area contributed by atoms with E-state index in [0.717, 1.165) is 29.7 Å². The predicted octanol–water partition coefficient (Wildman–Crippen LogP) is 3.03. The van der Waals surface area contributed by atoms with Gasteiger partial charge in [0.15, 0.2) is 0 Å². The molecule has 0 unspecified atom stereocenters. The van der Waals surface area contributed by atoms with Gasteiger partial charge in [0.05, 0.1) is 22.7 Å². The highest BCUT2D eigenvalue weighted by molar-refractivity contribution is 5.77. The summed E-state index contributed by atoms with van der Waals surface area (Å²) in [5.74, 6) is 1.79. The summed E-state index contributed by atoms with van der Waals surface area (Å²) >= 11 is 0. The largest absolute Gasteiger partial charge is 0.331 e. The van der Waals surface area contributed by atoms with Gasteiger partial charge in [-0.2, -0.15) is 5.26 Å². The van der Waals surface area contributed by atoms with Crippen LogP contribution >= 0.6 is 0 Å². The lowest BCUT2D eigenvalue weighted by Gasteiger charge is -2.04. The molecule has 0 radical (unpaired) electrons. The molecule has 1 aromatic heterocycles. The van der Waals surface area contributed by atoms with Gasteiger partial charge in [0.1, 0.15) is 5.82 Å². The Bertz CT molecular complexity index is 573. The maximum atomic E-state index is 8.86. The van der Waals surface area contributed by atoms with Crippen molar-refractivity contribution in [3.63, 3.8) is 0 Å². The van der Waals surface area contributed by atoms with Crippen molar-refractivity contribution in [3.8, 4) is 6.07 Å². The van der Waals surface area contributed by atoms with Gasteiger partial charge in [-0.3, -0.25) is 0 Å². The topological polar surface area (TPSA) is 41.6 Å². The van der Waals surface area contributed by atoms with Gasteiger partial charge in [0.2, 0.25) is 0 Å². The number of nitriles is 1. The van der Waals surface area contributed by atoms with Gasteiger partial charge in [-0.05, 0) is 30.5 Å². The van der Waals surface area contributed by atoms with Crippen LogP contribution in [0, 0.1) is 17.2 Å². The maximum absolute atomic E-state index is 8.86. The molecule has 2 aromatic rings. The summed E-state index contributed by atoms with van der Waals surface area (Å²) < 4.78 is 2.12. The molecule has 17 heavy (non-hydrogen) atoms. The number of hydrogen-bond donors (Lipinski definition) is 0. The summed E-state index contributed by atoms with van der Waals surface area (Å²) in [6.07, 6.45) is 2.13. The van der Waals surface area contributed by atoms with Crippen LogP contribution in [-0.2, 0) is 13.5 Å². The highest BCUT2D eigenvalue weighted by Gasteiger charge is 2.08. The fourth-order valence-corrected chi connectivity index (χ4v) is 1.96. The fraction of sp³-hybridized carbons (Fsp3) is 0.429. The first-order valence-corrected chi connectivity index (χ1v) is 5.97. The Morgan fingerprint density at radius 3 is 2.82 bits per heavy atom. The van der Waals surface area contributed by atoms with Gasteiger partial charge in [-0.1, -0.05) is 13.8 Å². The molecule has 0 N–H and O–H groups in total. The molecule has 0 aliphatic heterocycles. The molecule has 0 atom stereocenters. The standard InChI is InChI=1S/C14H17N3/c1-10(2)4-7-14-16-12-8-11(9-15)5-6-13(12)17(14)3/h5-6,8,10H,4,7H2,1-3H3. The van der Waals surface area contributed by atoms with E-state index in [4.69, 9.17) is 5.26 Å². The van der Waals surface area contributed by atoms with Crippen molar-refractivity contribution >= 4 is 11.0 Å². The van der Waals surface area contributed by atoms with Crippen LogP contribution in [0.3, 0.4) is 0 Å². The summed E-state index contributed by atoms with van der Waals surface area (Å²) in [7, 11) is 2.04. The van der Waals surface area contributed by atoms with E-state index in [9.17, 15) is 0 Å². The van der Waals surface area contributed by atoms with E-state index >= 15 is 0 Å². The zero-order chi connectivity index (χ0) is 12.4. The minimum atomic E-state index is 0.672. The molecule has 0 fully saturated rings. The second-order valence-electron chi connectivity index (χ2n) is 4.83. The molecule has 0 bridgehead atoms. The normalized spacial score (nSPS) is 11.0. The van der Waals surface area contributed by atoms with Crippen LogP contribution < -0.4 is 0 Å². The van der Waals surface area contributed by atoms with E-state index in [1.54, 1.807) is 0 Å². The average molecular weight is 227 g/mol. The van der Waals surface area contributed by atoms with E-state index in [-0.39, 0.29) is 0 Å². The van der Waals surface area contributed by atoms with Gasteiger partial charge in [-0.25, -0.2) is 4.98 Å². The summed E-state index contributed by atoms with van der Waals surface area (Å²) in [5.41, 5.74) is 2.69. The first kappa shape index (κ1) is 11.7. The molecule has 3 heteroatoms. The van der Waals surface area contributed by atoms with Crippen LogP contribution in [-0.4, -0.2) is 9.55 Å². The minimum Gasteiger partial charge on any atom is -0.331 e. The molecule has 88 valence electrons. The van der Waals surface area contributed by atoms with Gasteiger partial charge in [-0.15, -0.1) is 0 Å². The first-order valence-electron chi connectivity index (χ1n) is 5.97. The smallest absolute Gasteiger partial charge is 0.109 e. The Morgan fingerprint density at radius 2 is 2.18 bits per heavy atom. The Labute approximate surface area is 102 Å². The van der Waals surface area contributed by atoms with Crippen LogP contribution in [0.4, 0.5) is 0 Å². The summed E-state index contributed by atoms with van der Waals surface area (Å²) in [6.45, 7) is 4.44. The summed E-state index contributed by atoms with van der Waals surface area (Å²) in [5, 5.41) is 8.86. The zero-order valence-corrected chi connectivity index (χ0v) is 10.6. The van der Waals surface area contributed by atoms with E-state index in [1.807, 2.05) is 25.2 Å². The molecule has 0 saturated carbocycles. The number of aryl methyl sites for hydroxylation is 2. The van der Waals surface area contributed by atoms with Crippen molar-refractivity contribution in [1.29, 1.82) is 5.26 Å². The van der Waals surface area contributed by atoms with Crippen molar-refractivity contribution in [1.82, 2.24) is 9.55 Å². The summed E-state index contributed by atoms with van der Waals surface area (Å²) in [6, 6.07) is 7.82. The number of fused-ring (bicyclic) bond motifs is 1. The van der Waals surface area contributed by atoms with Crippen molar-refractivity contribution in [2.24, 2.45) is 13.0 Å². The Kier molecular flexibility index (Phi) is 3.14. The Balaban J connectivity index is 2.39. The van der Waals surface area contributed by atoms with Crippen LogP contribution in [0.15, 0.2) is 18.2 Å². The zero-order valence-electron chi connectivity index (χ0n) is 10.6. The monoisotopic (exact) mass is 227 g/mol. The summed E-state index contributed by atoms with van der Waals surface area (Å²) in [4.78, 5) is 4.60. The molecule has 0 spiro atoms. The van der Waals surface area contributed by atoms with Gasteiger partial charge in [0.25, 0.3) is 0 Å². The molecule has 0 aliphatic rings. The third-order valence-electron chi connectivity index (χ3n) is 3.05. The van der Waals surface area contributed by atoms with E-state index in [0.29, 0.717) is 11.5 Å². The predicted molar refractivity (Wildman–Crippen MR) is 68.6 cm³/mol. The maximum Gasteiger partial charge on any atom is 0.109 e. The molecule has 0 amide bonds. The molecule has 2 rings (SSSR count). The SMILES string of the molecule is CC(C)CCc1nc2cc(C#N)ccc2n1C. The lowest BCUT2D eigenvalue weighted by Crippen LogP contribution is -2.00. The molecule has 0 aliphatic carbocycles. The Hall–Kier alpha value is -1.82. The quantitative estimate of drug-likeness (QED) is 0.808. The number of imidazole rings is 1. The van der Waals surface area contributed by atoms with Crippen molar-refractivity contribution < 1.29 is 0 Å². The van der Waals surface area contributed by atoms with E-state index in [1.165, 1.54) is 0 Å². The molecular weight excluding hydrogens is 210 g/mol. The number of benzene rings is 1. The fourth-order valence-electron chi connectivity index (χ4n) is 1.96. The van der Waals surface area contributed by atoms with Crippen LogP contribution in [0.1, 0.15) is 31.7 Å². The minimum absolute atomic E-state index is 0.672. The number of hydrogen-bond acceptors (Lipinski definition) is 2. The number of nitrogens with zero attached hydrogens (tertiary/aromatic N) is 3. The van der Waals surface area contributed by atoms with Gasteiger partial charge >= 0.3 is 0 Å². The molecule has 1 aromatic carbocycles. The lowest BCUT2D eigenvalue weighted by atomic mass is 10.1. The second-order valence-corrected chi connectivity index (χ2v) is 4.83. The molecular formula is C14H17N3. The number of aromatic nitrogens is 2. The van der Waals surface area contributed by atoms with Crippen molar-refractivity contribution in [3.05, 3.63) is 29.6 Å². The lowest BCUT2D eigenvalue weighted by molar-refractivity contribution is 0.568. The van der Waals surface area contributed by atoms with Crippen molar-refractivity contribution in [2.45, 2.75) is 26.7 Å². The van der Waals surface area contributed by atoms with Gasteiger partial charge < -0.3 is 4.57 Å². The molecule has 1 heterocycles. The first-order chi connectivity index (χ1) is 8.11. The molecule has 3 nitrogen and oxygen atoms in total. The van der Waals surface area contributed by atoms with Crippen LogP contribution in [0.25, 0.3) is 11.0 Å². The average Bonchev–Trinajstić information content (AvgIpc) is 2.63. The van der Waals surface area contributed by atoms with Gasteiger partial charge in [0, 0.05) is 13.5 Å². The highest BCUT2D eigenvalue weighted by atomic mass is 15.1. The Morgan fingerprint density at radius 1 is 1.41 bits per heavy atom. The van der Waals surface area contributed by atoms with E-state index < -0.39 is 0 Å². The second kappa shape index (κ2) is 4.58. The van der Waals surface area contributed by atoms with Crippen molar-refractivity contribution in [2.75, 3.05) is 0 Å². The third-order valence-corrected chi connectivity index (χ3v) is 3.05. The van der Waals surface area contributed by atoms with Crippen LogP contribution in [0.5, 0.6) is 0 Å². The van der Waals surface area contributed by atoms with Crippen LogP contribution in [0.2, 0.25) is 0 Å². The number of rotatable bonds is 3.